The number of hydrogen-bond acceptors (Lipinski definition) is 5. The van der Waals surface area contributed by atoms with Gasteiger partial charge in [0, 0.05) is 19.0 Å². The highest BCUT2D eigenvalue weighted by Gasteiger charge is 2.33. The molecular formula is C24H26N4O2S. The molecule has 1 aliphatic heterocycles. The molecule has 0 spiro atoms. The lowest BCUT2D eigenvalue weighted by molar-refractivity contribution is -0.134. The maximum Gasteiger partial charge on any atom is 0.240 e. The summed E-state index contributed by atoms with van der Waals surface area (Å²) in [6.45, 7) is 3.16. The number of morpholine rings is 1. The molecule has 1 aliphatic carbocycles. The summed E-state index contributed by atoms with van der Waals surface area (Å²) in [7, 11) is 0. The molecule has 3 aromatic rings. The molecule has 0 N–H and O–H groups in total. The maximum absolute atomic E-state index is 13.5. The molecule has 1 amide bonds. The second-order valence-electron chi connectivity index (χ2n) is 8.03. The number of carbonyl (C=O) groups is 1. The molecule has 2 heterocycles. The van der Waals surface area contributed by atoms with Crippen molar-refractivity contribution in [2.24, 2.45) is 0 Å². The molecule has 31 heavy (non-hydrogen) atoms. The lowest BCUT2D eigenvalue weighted by atomic mass is 10.1. The fourth-order valence-electron chi connectivity index (χ4n) is 3.89. The largest absolute Gasteiger partial charge is 0.378 e. The summed E-state index contributed by atoms with van der Waals surface area (Å²) in [6.07, 6.45) is 2.32. The minimum atomic E-state index is -0.356. The number of thioether (sulfide) groups is 1. The summed E-state index contributed by atoms with van der Waals surface area (Å²) < 4.78 is 7.66. The van der Waals surface area contributed by atoms with Crippen LogP contribution in [0, 0.1) is 0 Å². The standard InChI is InChI=1S/C24H26N4O2S/c29-23(27-13-15-30-16-14-27)21(19-9-5-2-6-10-19)31-24-26-25-22(20-11-12-20)28(24)17-18-7-3-1-4-8-18/h1-10,20-21H,11-17H2. The number of aromatic nitrogens is 3. The Morgan fingerprint density at radius 3 is 2.35 bits per heavy atom. The van der Waals surface area contributed by atoms with E-state index in [0.717, 1.165) is 35.9 Å². The van der Waals surface area contributed by atoms with E-state index in [4.69, 9.17) is 4.74 Å². The molecule has 1 unspecified atom stereocenters. The molecule has 6 nitrogen and oxygen atoms in total. The van der Waals surface area contributed by atoms with E-state index in [9.17, 15) is 4.79 Å². The van der Waals surface area contributed by atoms with E-state index < -0.39 is 0 Å². The van der Waals surface area contributed by atoms with Gasteiger partial charge in [0.15, 0.2) is 5.16 Å². The topological polar surface area (TPSA) is 60.2 Å². The molecule has 0 bridgehead atoms. The van der Waals surface area contributed by atoms with Crippen LogP contribution in [0.4, 0.5) is 0 Å². The Kier molecular flexibility index (Phi) is 6.04. The molecule has 7 heteroatoms. The zero-order chi connectivity index (χ0) is 21.0. The fraction of sp³-hybridized carbons (Fsp3) is 0.375. The lowest BCUT2D eigenvalue weighted by Gasteiger charge is -2.30. The van der Waals surface area contributed by atoms with Gasteiger partial charge in [-0.3, -0.25) is 4.79 Å². The van der Waals surface area contributed by atoms with Gasteiger partial charge in [0.05, 0.1) is 19.8 Å². The molecular weight excluding hydrogens is 408 g/mol. The number of hydrogen-bond donors (Lipinski definition) is 0. The van der Waals surface area contributed by atoms with Crippen molar-refractivity contribution in [1.29, 1.82) is 0 Å². The summed E-state index contributed by atoms with van der Waals surface area (Å²) in [5.41, 5.74) is 2.20. The minimum Gasteiger partial charge on any atom is -0.378 e. The van der Waals surface area contributed by atoms with E-state index in [-0.39, 0.29) is 11.2 Å². The van der Waals surface area contributed by atoms with Gasteiger partial charge < -0.3 is 14.2 Å². The van der Waals surface area contributed by atoms with Gasteiger partial charge in [-0.05, 0) is 24.0 Å². The molecule has 2 aromatic carbocycles. The van der Waals surface area contributed by atoms with Gasteiger partial charge in [0.2, 0.25) is 5.91 Å². The predicted molar refractivity (Wildman–Crippen MR) is 120 cm³/mol. The van der Waals surface area contributed by atoms with Gasteiger partial charge in [-0.2, -0.15) is 0 Å². The molecule has 1 atom stereocenters. The molecule has 2 fully saturated rings. The number of carbonyl (C=O) groups excluding carboxylic acids is 1. The van der Waals surface area contributed by atoms with E-state index >= 15 is 0 Å². The van der Waals surface area contributed by atoms with E-state index in [1.807, 2.05) is 41.3 Å². The Balaban J connectivity index is 1.46. The first-order valence-electron chi connectivity index (χ1n) is 10.8. The number of ether oxygens (including phenoxy) is 1. The number of nitrogens with zero attached hydrogens (tertiary/aromatic N) is 4. The van der Waals surface area contributed by atoms with Crippen LogP contribution in [0.5, 0.6) is 0 Å². The maximum atomic E-state index is 13.5. The molecule has 0 radical (unpaired) electrons. The first-order valence-corrected chi connectivity index (χ1v) is 11.7. The monoisotopic (exact) mass is 434 g/mol. The molecule has 160 valence electrons. The van der Waals surface area contributed by atoms with Crippen LogP contribution in [-0.4, -0.2) is 51.9 Å². The van der Waals surface area contributed by atoms with Crippen molar-refractivity contribution in [3.63, 3.8) is 0 Å². The first kappa shape index (κ1) is 20.3. The zero-order valence-electron chi connectivity index (χ0n) is 17.4. The van der Waals surface area contributed by atoms with Crippen LogP contribution in [0.15, 0.2) is 65.8 Å². The second kappa shape index (κ2) is 9.24. The van der Waals surface area contributed by atoms with Crippen LogP contribution in [0.2, 0.25) is 0 Å². The molecule has 1 saturated carbocycles. The van der Waals surface area contributed by atoms with Crippen molar-refractivity contribution in [3.05, 3.63) is 77.6 Å². The highest BCUT2D eigenvalue weighted by Crippen LogP contribution is 2.42. The van der Waals surface area contributed by atoms with Crippen molar-refractivity contribution in [2.45, 2.75) is 35.7 Å². The van der Waals surface area contributed by atoms with Crippen LogP contribution in [0.1, 0.15) is 41.0 Å². The van der Waals surface area contributed by atoms with E-state index in [2.05, 4.69) is 39.0 Å². The molecule has 1 saturated heterocycles. The average Bonchev–Trinajstić information content (AvgIpc) is 3.61. The van der Waals surface area contributed by atoms with Crippen LogP contribution in [0.3, 0.4) is 0 Å². The van der Waals surface area contributed by atoms with Gasteiger partial charge in [0.25, 0.3) is 0 Å². The summed E-state index contributed by atoms with van der Waals surface area (Å²) in [5, 5.41) is 9.54. The van der Waals surface area contributed by atoms with Gasteiger partial charge in [-0.1, -0.05) is 72.4 Å². The van der Waals surface area contributed by atoms with Gasteiger partial charge in [-0.15, -0.1) is 10.2 Å². The smallest absolute Gasteiger partial charge is 0.240 e. The quantitative estimate of drug-likeness (QED) is 0.528. The van der Waals surface area contributed by atoms with Crippen molar-refractivity contribution in [2.75, 3.05) is 26.3 Å². The highest BCUT2D eigenvalue weighted by molar-refractivity contribution is 8.00. The van der Waals surface area contributed by atoms with Crippen molar-refractivity contribution in [3.8, 4) is 0 Å². The molecule has 2 aliphatic rings. The van der Waals surface area contributed by atoms with Crippen molar-refractivity contribution >= 4 is 17.7 Å². The van der Waals surface area contributed by atoms with E-state index in [1.165, 1.54) is 17.3 Å². The third kappa shape index (κ3) is 4.67. The fourth-order valence-corrected chi connectivity index (χ4v) is 5.02. The van der Waals surface area contributed by atoms with Crippen LogP contribution in [0.25, 0.3) is 0 Å². The highest BCUT2D eigenvalue weighted by atomic mass is 32.2. The normalized spacial score (nSPS) is 17.5. The Morgan fingerprint density at radius 2 is 1.68 bits per heavy atom. The number of amides is 1. The Labute approximate surface area is 186 Å². The second-order valence-corrected chi connectivity index (χ2v) is 9.11. The Hall–Kier alpha value is -2.64. The average molecular weight is 435 g/mol. The Morgan fingerprint density at radius 1 is 1.00 bits per heavy atom. The van der Waals surface area contributed by atoms with Crippen LogP contribution < -0.4 is 0 Å². The SMILES string of the molecule is O=C(C(Sc1nnc(C2CC2)n1Cc1ccccc1)c1ccccc1)N1CCOCC1. The van der Waals surface area contributed by atoms with E-state index in [1.54, 1.807) is 0 Å². The molecule has 1 aromatic heterocycles. The number of benzene rings is 2. The van der Waals surface area contributed by atoms with Crippen molar-refractivity contribution < 1.29 is 9.53 Å². The third-order valence-corrected chi connectivity index (χ3v) is 6.97. The minimum absolute atomic E-state index is 0.113. The number of rotatable bonds is 7. The van der Waals surface area contributed by atoms with Crippen LogP contribution in [-0.2, 0) is 16.1 Å². The van der Waals surface area contributed by atoms with Gasteiger partial charge >= 0.3 is 0 Å². The van der Waals surface area contributed by atoms with Crippen molar-refractivity contribution in [1.82, 2.24) is 19.7 Å². The summed E-state index contributed by atoms with van der Waals surface area (Å²) in [4.78, 5) is 15.4. The summed E-state index contributed by atoms with van der Waals surface area (Å²) in [5.74, 6) is 1.63. The van der Waals surface area contributed by atoms with Crippen LogP contribution >= 0.6 is 11.8 Å². The van der Waals surface area contributed by atoms with Gasteiger partial charge in [0.1, 0.15) is 11.1 Å². The van der Waals surface area contributed by atoms with E-state index in [0.29, 0.717) is 32.2 Å². The summed E-state index contributed by atoms with van der Waals surface area (Å²) in [6, 6.07) is 20.4. The molecule has 5 rings (SSSR count). The third-order valence-electron chi connectivity index (χ3n) is 5.74. The first-order chi connectivity index (χ1) is 15.3. The van der Waals surface area contributed by atoms with Gasteiger partial charge in [-0.25, -0.2) is 0 Å². The predicted octanol–water partition coefficient (Wildman–Crippen LogP) is 3.90. The summed E-state index contributed by atoms with van der Waals surface area (Å²) >= 11 is 1.51. The Bertz CT molecular complexity index is 1010. The zero-order valence-corrected chi connectivity index (χ0v) is 18.2. The lowest BCUT2D eigenvalue weighted by Crippen LogP contribution is -2.42.